The molecule has 0 heterocycles. The number of benzene rings is 2. The van der Waals surface area contributed by atoms with Gasteiger partial charge in [0.05, 0.1) is 0 Å². The lowest BCUT2D eigenvalue weighted by Crippen LogP contribution is -1.78. The Morgan fingerprint density at radius 3 is 1.10 bits per heavy atom. The predicted molar refractivity (Wildman–Crippen MR) is 97.3 cm³/mol. The van der Waals surface area contributed by atoms with Crippen LogP contribution < -0.4 is 0 Å². The molecule has 6 heteroatoms. The minimum atomic E-state index is 0.773. The molecule has 0 bridgehead atoms. The van der Waals surface area contributed by atoms with E-state index in [-0.39, 0.29) is 0 Å². The normalized spacial score (nSPS) is 11.3. The largest absolute Gasteiger partial charge is 0.148 e. The van der Waals surface area contributed by atoms with Crippen LogP contribution in [0.3, 0.4) is 0 Å². The number of hydrogen-bond acceptors (Lipinski definition) is 2. The van der Waals surface area contributed by atoms with Crippen LogP contribution >= 0.6 is 63.7 Å². The topological polar surface area (TPSA) is 24.7 Å². The van der Waals surface area contributed by atoms with Crippen LogP contribution in [0, 0.1) is 13.8 Å². The number of halogens is 4. The molecule has 0 aliphatic rings. The molecular weight excluding hydrogens is 516 g/mol. The zero-order valence-corrected chi connectivity index (χ0v) is 17.1. The third-order valence-corrected chi connectivity index (χ3v) is 4.99. The predicted octanol–water partition coefficient (Wildman–Crippen LogP) is 7.77. The van der Waals surface area contributed by atoms with E-state index in [0.717, 1.165) is 40.4 Å². The molecule has 0 atom stereocenters. The van der Waals surface area contributed by atoms with Crippen molar-refractivity contribution < 1.29 is 0 Å². The van der Waals surface area contributed by atoms with E-state index in [1.807, 2.05) is 38.1 Å². The molecule has 0 spiro atoms. The lowest BCUT2D eigenvalue weighted by atomic mass is 10.2. The van der Waals surface area contributed by atoms with Crippen molar-refractivity contribution >= 4 is 75.1 Å². The van der Waals surface area contributed by atoms with E-state index in [2.05, 4.69) is 73.9 Å². The van der Waals surface area contributed by atoms with E-state index in [1.54, 1.807) is 0 Å². The Kier molecular flexibility index (Phi) is 5.56. The van der Waals surface area contributed by atoms with Gasteiger partial charge in [-0.05, 0) is 113 Å². The van der Waals surface area contributed by atoms with Gasteiger partial charge in [-0.25, -0.2) is 0 Å². The Bertz CT molecular complexity index is 590. The van der Waals surface area contributed by atoms with Crippen LogP contribution in [0.5, 0.6) is 0 Å². The molecule has 0 N–H and O–H groups in total. The third kappa shape index (κ3) is 3.78. The zero-order chi connectivity index (χ0) is 14.9. The van der Waals surface area contributed by atoms with Crippen LogP contribution in [0.1, 0.15) is 11.1 Å². The molecule has 2 aromatic carbocycles. The molecule has 0 saturated heterocycles. The Labute approximate surface area is 151 Å². The second-order valence-corrected chi connectivity index (χ2v) is 7.77. The van der Waals surface area contributed by atoms with E-state index < -0.39 is 0 Å². The molecule has 20 heavy (non-hydrogen) atoms. The van der Waals surface area contributed by atoms with E-state index in [0.29, 0.717) is 0 Å². The molecule has 0 fully saturated rings. The van der Waals surface area contributed by atoms with E-state index >= 15 is 0 Å². The summed E-state index contributed by atoms with van der Waals surface area (Å²) in [5.41, 5.74) is 3.85. The fourth-order valence-electron chi connectivity index (χ4n) is 1.68. The molecule has 0 radical (unpaired) electrons. The van der Waals surface area contributed by atoms with E-state index in [9.17, 15) is 0 Å². The molecule has 0 aliphatic carbocycles. The molecule has 0 unspecified atom stereocenters. The minimum absolute atomic E-state index is 0.773. The first kappa shape index (κ1) is 16.3. The monoisotopic (exact) mass is 522 g/mol. The van der Waals surface area contributed by atoms with Crippen molar-refractivity contribution in [3.63, 3.8) is 0 Å². The molecule has 104 valence electrons. The number of hydrogen-bond donors (Lipinski definition) is 0. The lowest BCUT2D eigenvalue weighted by molar-refractivity contribution is 1.19. The Morgan fingerprint density at radius 1 is 0.600 bits per heavy atom. The lowest BCUT2D eigenvalue weighted by Gasteiger charge is -2.05. The van der Waals surface area contributed by atoms with Crippen molar-refractivity contribution in [2.45, 2.75) is 13.8 Å². The van der Waals surface area contributed by atoms with Crippen molar-refractivity contribution in [3.8, 4) is 0 Å². The number of azo groups is 1. The van der Waals surface area contributed by atoms with Crippen LogP contribution in [0.15, 0.2) is 52.4 Å². The first-order valence-corrected chi connectivity index (χ1v) is 8.88. The van der Waals surface area contributed by atoms with Gasteiger partial charge < -0.3 is 0 Å². The first-order chi connectivity index (χ1) is 9.38. The summed E-state index contributed by atoms with van der Waals surface area (Å²) >= 11 is 14.1. The summed E-state index contributed by atoms with van der Waals surface area (Å²) in [6, 6.07) is 8.05. The fourth-order valence-corrected chi connectivity index (χ4v) is 4.82. The van der Waals surface area contributed by atoms with Gasteiger partial charge in [-0.1, -0.05) is 0 Å². The van der Waals surface area contributed by atoms with Gasteiger partial charge in [-0.15, -0.1) is 10.2 Å². The standard InChI is InChI=1S/C14H10Br4N2/c1-7-3-9(15)13(10(16)4-7)19-20-14-11(17)5-8(2)6-12(14)18/h3-6H,1-2H3. The van der Waals surface area contributed by atoms with Gasteiger partial charge in [-0.3, -0.25) is 0 Å². The van der Waals surface area contributed by atoms with E-state index in [4.69, 9.17) is 0 Å². The van der Waals surface area contributed by atoms with Crippen LogP contribution in [-0.2, 0) is 0 Å². The van der Waals surface area contributed by atoms with Gasteiger partial charge in [0, 0.05) is 17.9 Å². The Morgan fingerprint density at radius 2 is 0.850 bits per heavy atom. The van der Waals surface area contributed by atoms with Gasteiger partial charge in [0.1, 0.15) is 11.4 Å². The highest BCUT2D eigenvalue weighted by Gasteiger charge is 2.08. The van der Waals surface area contributed by atoms with Crippen LogP contribution in [-0.4, -0.2) is 0 Å². The Balaban J connectivity index is 2.45. The zero-order valence-electron chi connectivity index (χ0n) is 10.7. The fraction of sp³-hybridized carbons (Fsp3) is 0.143. The highest BCUT2D eigenvalue weighted by molar-refractivity contribution is 9.11. The van der Waals surface area contributed by atoms with Crippen molar-refractivity contribution in [3.05, 3.63) is 53.3 Å². The van der Waals surface area contributed by atoms with Crippen LogP contribution in [0.2, 0.25) is 0 Å². The maximum atomic E-state index is 4.34. The number of rotatable bonds is 2. The van der Waals surface area contributed by atoms with Crippen LogP contribution in [0.25, 0.3) is 0 Å². The van der Waals surface area contributed by atoms with Gasteiger partial charge in [0.15, 0.2) is 0 Å². The summed E-state index contributed by atoms with van der Waals surface area (Å²) in [5.74, 6) is 0. The van der Waals surface area contributed by atoms with Gasteiger partial charge in [0.2, 0.25) is 0 Å². The molecule has 0 aliphatic heterocycles. The van der Waals surface area contributed by atoms with Crippen molar-refractivity contribution in [1.82, 2.24) is 0 Å². The second-order valence-electron chi connectivity index (χ2n) is 4.35. The maximum absolute atomic E-state index is 4.34. The summed E-state index contributed by atoms with van der Waals surface area (Å²) in [5, 5.41) is 8.68. The molecule has 2 rings (SSSR count). The highest BCUT2D eigenvalue weighted by Crippen LogP contribution is 2.39. The molecule has 0 aromatic heterocycles. The van der Waals surface area contributed by atoms with Gasteiger partial charge >= 0.3 is 0 Å². The summed E-state index contributed by atoms with van der Waals surface area (Å²) < 4.78 is 3.64. The maximum Gasteiger partial charge on any atom is 0.114 e. The molecule has 2 aromatic rings. The average molecular weight is 526 g/mol. The Hall–Kier alpha value is -0.0400. The summed E-state index contributed by atoms with van der Waals surface area (Å²) in [4.78, 5) is 0. The van der Waals surface area contributed by atoms with E-state index in [1.165, 1.54) is 0 Å². The number of aryl methyl sites for hydroxylation is 2. The first-order valence-electron chi connectivity index (χ1n) is 5.71. The minimum Gasteiger partial charge on any atom is -0.148 e. The van der Waals surface area contributed by atoms with Crippen molar-refractivity contribution in [2.75, 3.05) is 0 Å². The summed E-state index contributed by atoms with van der Waals surface area (Å²) in [6.07, 6.45) is 0. The number of nitrogens with zero attached hydrogens (tertiary/aromatic N) is 2. The SMILES string of the molecule is Cc1cc(Br)c(N=Nc2c(Br)cc(C)cc2Br)c(Br)c1. The molecule has 2 nitrogen and oxygen atoms in total. The highest BCUT2D eigenvalue weighted by atomic mass is 79.9. The summed E-state index contributed by atoms with van der Waals surface area (Å²) in [7, 11) is 0. The average Bonchev–Trinajstić information content (AvgIpc) is 2.30. The van der Waals surface area contributed by atoms with Gasteiger partial charge in [0.25, 0.3) is 0 Å². The van der Waals surface area contributed by atoms with Crippen LogP contribution in [0.4, 0.5) is 11.4 Å². The smallest absolute Gasteiger partial charge is 0.114 e. The second kappa shape index (κ2) is 6.81. The molecule has 0 saturated carbocycles. The summed E-state index contributed by atoms with van der Waals surface area (Å²) in [6.45, 7) is 4.06. The van der Waals surface area contributed by atoms with Gasteiger partial charge in [-0.2, -0.15) is 0 Å². The van der Waals surface area contributed by atoms with Crippen molar-refractivity contribution in [2.24, 2.45) is 10.2 Å². The third-order valence-electron chi connectivity index (χ3n) is 2.57. The van der Waals surface area contributed by atoms with Crippen molar-refractivity contribution in [1.29, 1.82) is 0 Å². The quantitative estimate of drug-likeness (QED) is 0.358. The molecular formula is C14H10Br4N2. The molecule has 0 amide bonds.